The highest BCUT2D eigenvalue weighted by Gasteiger charge is 2.06. The molecule has 0 spiro atoms. The molecule has 0 aliphatic carbocycles. The fourth-order valence-electron chi connectivity index (χ4n) is 2.41. The Balaban J connectivity index is 0.00000264. The van der Waals surface area contributed by atoms with Gasteiger partial charge in [-0.05, 0) is 36.3 Å². The molecular formula is C19H24ClN2O-. The average Bonchev–Trinajstić information content (AvgIpc) is 2.59. The van der Waals surface area contributed by atoms with Crippen molar-refractivity contribution in [2.24, 2.45) is 0 Å². The Hall–Kier alpha value is -1.84. The van der Waals surface area contributed by atoms with Crippen molar-refractivity contribution in [3.63, 3.8) is 0 Å². The zero-order valence-electron chi connectivity index (χ0n) is 13.8. The lowest BCUT2D eigenvalue weighted by molar-refractivity contribution is -0.0000129. The van der Waals surface area contributed by atoms with E-state index in [4.69, 9.17) is 0 Å². The van der Waals surface area contributed by atoms with Gasteiger partial charge in [0.25, 0.3) is 5.91 Å². The second-order valence-corrected chi connectivity index (χ2v) is 5.23. The number of carbonyl (C=O) groups is 1. The number of nitrogens with one attached hydrogen (secondary N) is 1. The summed E-state index contributed by atoms with van der Waals surface area (Å²) in [6.07, 6.45) is 0. The Morgan fingerprint density at radius 3 is 2.04 bits per heavy atom. The van der Waals surface area contributed by atoms with E-state index in [0.29, 0.717) is 12.1 Å². The Morgan fingerprint density at radius 1 is 0.913 bits per heavy atom. The summed E-state index contributed by atoms with van der Waals surface area (Å²) in [4.78, 5) is 14.4. The van der Waals surface area contributed by atoms with Crippen molar-refractivity contribution in [3.8, 4) is 11.1 Å². The van der Waals surface area contributed by atoms with Gasteiger partial charge in [-0.1, -0.05) is 56.3 Å². The number of halogens is 1. The summed E-state index contributed by atoms with van der Waals surface area (Å²) in [5.74, 6) is -0.00762. The minimum absolute atomic E-state index is 0. The van der Waals surface area contributed by atoms with Crippen LogP contribution in [0.3, 0.4) is 0 Å². The molecule has 23 heavy (non-hydrogen) atoms. The normalized spacial score (nSPS) is 10.2. The molecule has 124 valence electrons. The van der Waals surface area contributed by atoms with E-state index < -0.39 is 0 Å². The van der Waals surface area contributed by atoms with Gasteiger partial charge in [0.15, 0.2) is 0 Å². The van der Waals surface area contributed by atoms with Crippen LogP contribution in [0.15, 0.2) is 54.6 Å². The van der Waals surface area contributed by atoms with Crippen LogP contribution in [0.5, 0.6) is 0 Å². The standard InChI is InChI=1S/C19H24N2O.ClH/c1-3-21(4-2)15-14-20-19(22)18-12-10-17(11-13-18)16-8-6-5-7-9-16;/h5-13H,3-4,14-15H2,1-2H3,(H,20,22);1H/p-1. The first kappa shape index (κ1) is 19.2. The molecule has 3 nitrogen and oxygen atoms in total. The average molecular weight is 332 g/mol. The molecule has 0 fully saturated rings. The van der Waals surface area contributed by atoms with Crippen LogP contribution in [0.4, 0.5) is 0 Å². The molecule has 0 saturated carbocycles. The number of amides is 1. The minimum Gasteiger partial charge on any atom is -1.00 e. The van der Waals surface area contributed by atoms with Crippen molar-refractivity contribution in [1.29, 1.82) is 0 Å². The van der Waals surface area contributed by atoms with Gasteiger partial charge in [0.05, 0.1) is 0 Å². The van der Waals surface area contributed by atoms with Gasteiger partial charge in [-0.3, -0.25) is 4.79 Å². The highest BCUT2D eigenvalue weighted by atomic mass is 35.5. The predicted octanol–water partition coefficient (Wildman–Crippen LogP) is 0.429. The lowest BCUT2D eigenvalue weighted by atomic mass is 10.0. The van der Waals surface area contributed by atoms with Crippen LogP contribution in [0, 0.1) is 0 Å². The SMILES string of the molecule is CCN(CC)CCNC(=O)c1ccc(-c2ccccc2)cc1.[Cl-]. The van der Waals surface area contributed by atoms with E-state index in [9.17, 15) is 4.79 Å². The largest absolute Gasteiger partial charge is 1.00 e. The first-order valence-corrected chi connectivity index (χ1v) is 7.90. The number of rotatable bonds is 7. The second-order valence-electron chi connectivity index (χ2n) is 5.23. The Kier molecular flexibility index (Phi) is 8.38. The van der Waals surface area contributed by atoms with Gasteiger partial charge in [-0.2, -0.15) is 0 Å². The summed E-state index contributed by atoms with van der Waals surface area (Å²) in [5, 5.41) is 2.98. The van der Waals surface area contributed by atoms with Crippen molar-refractivity contribution in [1.82, 2.24) is 10.2 Å². The van der Waals surface area contributed by atoms with Crippen molar-refractivity contribution in [2.75, 3.05) is 26.2 Å². The molecule has 4 heteroatoms. The predicted molar refractivity (Wildman–Crippen MR) is 92.0 cm³/mol. The smallest absolute Gasteiger partial charge is 0.251 e. The molecule has 0 aliphatic heterocycles. The first-order chi connectivity index (χ1) is 10.7. The maximum Gasteiger partial charge on any atom is 0.251 e. The van der Waals surface area contributed by atoms with Gasteiger partial charge in [0, 0.05) is 18.7 Å². The summed E-state index contributed by atoms with van der Waals surface area (Å²) in [5.41, 5.74) is 3.00. The van der Waals surface area contributed by atoms with Crippen LogP contribution < -0.4 is 17.7 Å². The van der Waals surface area contributed by atoms with Crippen LogP contribution in [0.25, 0.3) is 11.1 Å². The molecule has 0 saturated heterocycles. The summed E-state index contributed by atoms with van der Waals surface area (Å²) < 4.78 is 0. The van der Waals surface area contributed by atoms with E-state index in [1.807, 2.05) is 42.5 Å². The molecule has 0 aromatic heterocycles. The quantitative estimate of drug-likeness (QED) is 0.798. The lowest BCUT2D eigenvalue weighted by Crippen LogP contribution is -3.00. The number of benzene rings is 2. The highest BCUT2D eigenvalue weighted by Crippen LogP contribution is 2.19. The third-order valence-corrected chi connectivity index (χ3v) is 3.86. The Labute approximate surface area is 145 Å². The molecule has 0 atom stereocenters. The van der Waals surface area contributed by atoms with Gasteiger partial charge >= 0.3 is 0 Å². The van der Waals surface area contributed by atoms with Gasteiger partial charge in [-0.15, -0.1) is 0 Å². The first-order valence-electron chi connectivity index (χ1n) is 7.90. The molecule has 0 heterocycles. The Bertz CT molecular complexity index is 580. The maximum atomic E-state index is 12.1. The summed E-state index contributed by atoms with van der Waals surface area (Å²) in [7, 11) is 0. The number of hydrogen-bond acceptors (Lipinski definition) is 2. The van der Waals surface area contributed by atoms with E-state index in [2.05, 4.69) is 36.2 Å². The molecule has 1 amide bonds. The third-order valence-electron chi connectivity index (χ3n) is 3.86. The lowest BCUT2D eigenvalue weighted by Gasteiger charge is -2.17. The number of likely N-dealkylation sites (N-methyl/N-ethyl adjacent to an activating group) is 1. The zero-order valence-corrected chi connectivity index (χ0v) is 14.5. The fraction of sp³-hybridized carbons (Fsp3) is 0.316. The molecule has 2 aromatic rings. The molecule has 1 N–H and O–H groups in total. The van der Waals surface area contributed by atoms with Crippen LogP contribution in [-0.4, -0.2) is 37.0 Å². The van der Waals surface area contributed by atoms with Crippen LogP contribution in [-0.2, 0) is 0 Å². The molecular weight excluding hydrogens is 308 g/mol. The highest BCUT2D eigenvalue weighted by molar-refractivity contribution is 5.94. The van der Waals surface area contributed by atoms with Crippen molar-refractivity contribution in [3.05, 3.63) is 60.2 Å². The summed E-state index contributed by atoms with van der Waals surface area (Å²) >= 11 is 0. The number of nitrogens with zero attached hydrogens (tertiary/aromatic N) is 1. The number of carbonyl (C=O) groups excluding carboxylic acids is 1. The second kappa shape index (κ2) is 10.0. The van der Waals surface area contributed by atoms with E-state index >= 15 is 0 Å². The Morgan fingerprint density at radius 2 is 1.48 bits per heavy atom. The van der Waals surface area contributed by atoms with Crippen LogP contribution in [0.1, 0.15) is 24.2 Å². The van der Waals surface area contributed by atoms with Crippen molar-refractivity contribution >= 4 is 5.91 Å². The van der Waals surface area contributed by atoms with Gasteiger partial charge in [0.2, 0.25) is 0 Å². The molecule has 0 radical (unpaired) electrons. The van der Waals surface area contributed by atoms with E-state index in [0.717, 1.165) is 30.8 Å². The topological polar surface area (TPSA) is 32.3 Å². The maximum absolute atomic E-state index is 12.1. The van der Waals surface area contributed by atoms with Gasteiger partial charge in [0.1, 0.15) is 0 Å². The zero-order chi connectivity index (χ0) is 15.8. The van der Waals surface area contributed by atoms with E-state index in [1.165, 1.54) is 0 Å². The number of hydrogen-bond donors (Lipinski definition) is 1. The monoisotopic (exact) mass is 331 g/mol. The molecule has 0 bridgehead atoms. The third kappa shape index (κ3) is 5.70. The van der Waals surface area contributed by atoms with E-state index in [-0.39, 0.29) is 18.3 Å². The molecule has 2 rings (SSSR count). The fourth-order valence-corrected chi connectivity index (χ4v) is 2.41. The molecule has 2 aromatic carbocycles. The summed E-state index contributed by atoms with van der Waals surface area (Å²) in [6.45, 7) is 7.86. The van der Waals surface area contributed by atoms with E-state index in [1.54, 1.807) is 0 Å². The van der Waals surface area contributed by atoms with Gasteiger partial charge in [-0.25, -0.2) is 0 Å². The van der Waals surface area contributed by atoms with Crippen LogP contribution in [0.2, 0.25) is 0 Å². The van der Waals surface area contributed by atoms with Crippen molar-refractivity contribution in [2.45, 2.75) is 13.8 Å². The molecule has 0 aliphatic rings. The van der Waals surface area contributed by atoms with Crippen molar-refractivity contribution < 1.29 is 17.2 Å². The summed E-state index contributed by atoms with van der Waals surface area (Å²) in [6, 6.07) is 17.9. The van der Waals surface area contributed by atoms with Gasteiger partial charge < -0.3 is 22.6 Å². The van der Waals surface area contributed by atoms with Crippen LogP contribution >= 0.6 is 0 Å². The molecule has 0 unspecified atom stereocenters. The minimum atomic E-state index is -0.00762.